The molecule has 2 heterocycles. The van der Waals surface area contributed by atoms with Gasteiger partial charge in [0.05, 0.1) is 18.8 Å². The summed E-state index contributed by atoms with van der Waals surface area (Å²) in [6.45, 7) is 1.95. The molecule has 2 aliphatic rings. The van der Waals surface area contributed by atoms with Gasteiger partial charge in [-0.25, -0.2) is 4.79 Å². The van der Waals surface area contributed by atoms with Gasteiger partial charge in [-0.15, -0.1) is 0 Å². The second-order valence-corrected chi connectivity index (χ2v) is 5.37. The van der Waals surface area contributed by atoms with Gasteiger partial charge < -0.3 is 19.3 Å². The molecule has 0 radical (unpaired) electrons. The minimum Gasteiger partial charge on any atom is -0.489 e. The lowest BCUT2D eigenvalue weighted by Gasteiger charge is -2.37. The predicted molar refractivity (Wildman–Crippen MR) is 71.2 cm³/mol. The largest absolute Gasteiger partial charge is 0.489 e. The summed E-state index contributed by atoms with van der Waals surface area (Å²) in [5.41, 5.74) is -0.0307. The van der Waals surface area contributed by atoms with E-state index in [9.17, 15) is 9.90 Å². The molecule has 0 aliphatic carbocycles. The van der Waals surface area contributed by atoms with Crippen LogP contribution in [0.2, 0.25) is 0 Å². The third-order valence-corrected chi connectivity index (χ3v) is 3.93. The molecule has 2 saturated heterocycles. The first kappa shape index (κ1) is 13.4. The number of carboxylic acids is 1. The topological polar surface area (TPSA) is 65.0 Å². The fraction of sp³-hybridized carbons (Fsp3) is 0.533. The van der Waals surface area contributed by atoms with Gasteiger partial charge in [0.2, 0.25) is 0 Å². The van der Waals surface area contributed by atoms with Crippen LogP contribution in [0, 0.1) is 0 Å². The minimum absolute atomic E-state index is 0.0223. The van der Waals surface area contributed by atoms with Gasteiger partial charge in [0.25, 0.3) is 0 Å². The minimum atomic E-state index is -0.966. The van der Waals surface area contributed by atoms with E-state index in [4.69, 9.17) is 14.2 Å². The monoisotopic (exact) mass is 278 g/mol. The van der Waals surface area contributed by atoms with Crippen LogP contribution in [0.1, 0.15) is 29.6 Å². The Morgan fingerprint density at radius 2 is 2.20 bits per heavy atom. The van der Waals surface area contributed by atoms with Crippen molar-refractivity contribution in [3.05, 3.63) is 29.8 Å². The Balaban J connectivity index is 1.73. The van der Waals surface area contributed by atoms with E-state index in [0.29, 0.717) is 19.0 Å². The van der Waals surface area contributed by atoms with Crippen molar-refractivity contribution in [3.8, 4) is 5.75 Å². The van der Waals surface area contributed by atoms with Gasteiger partial charge in [0, 0.05) is 25.9 Å². The molecule has 2 atom stereocenters. The van der Waals surface area contributed by atoms with E-state index in [0.717, 1.165) is 25.9 Å². The van der Waals surface area contributed by atoms with Crippen molar-refractivity contribution in [2.45, 2.75) is 31.0 Å². The molecule has 20 heavy (non-hydrogen) atoms. The van der Waals surface area contributed by atoms with Gasteiger partial charge in [0.1, 0.15) is 17.4 Å². The lowest BCUT2D eigenvalue weighted by Crippen LogP contribution is -2.44. The third-order valence-electron chi connectivity index (χ3n) is 3.93. The van der Waals surface area contributed by atoms with Crippen molar-refractivity contribution in [1.29, 1.82) is 0 Å². The second-order valence-electron chi connectivity index (χ2n) is 5.37. The Hall–Kier alpha value is -1.59. The first-order chi connectivity index (χ1) is 9.69. The number of hydrogen-bond acceptors (Lipinski definition) is 4. The fourth-order valence-corrected chi connectivity index (χ4v) is 2.87. The maximum atomic E-state index is 11.2. The van der Waals surface area contributed by atoms with Gasteiger partial charge in [-0.2, -0.15) is 0 Å². The fourth-order valence-electron chi connectivity index (χ4n) is 2.87. The van der Waals surface area contributed by atoms with Gasteiger partial charge in [-0.05, 0) is 12.1 Å². The summed E-state index contributed by atoms with van der Waals surface area (Å²) in [4.78, 5) is 11.2. The highest BCUT2D eigenvalue weighted by molar-refractivity contribution is 5.90. The summed E-state index contributed by atoms with van der Waals surface area (Å²) in [7, 11) is 0. The van der Waals surface area contributed by atoms with Crippen LogP contribution in [0.3, 0.4) is 0 Å². The van der Waals surface area contributed by atoms with Gasteiger partial charge >= 0.3 is 5.97 Å². The lowest BCUT2D eigenvalue weighted by atomic mass is 9.91. The third kappa shape index (κ3) is 2.64. The average molecular weight is 278 g/mol. The van der Waals surface area contributed by atoms with Gasteiger partial charge in [0.15, 0.2) is 0 Å². The quantitative estimate of drug-likeness (QED) is 0.917. The smallest absolute Gasteiger partial charge is 0.339 e. The summed E-state index contributed by atoms with van der Waals surface area (Å²) in [6.07, 6.45) is 2.38. The summed E-state index contributed by atoms with van der Waals surface area (Å²) in [5.74, 6) is -0.535. The highest BCUT2D eigenvalue weighted by atomic mass is 16.6. The van der Waals surface area contributed by atoms with E-state index < -0.39 is 5.97 Å². The molecule has 2 fully saturated rings. The zero-order valence-electron chi connectivity index (χ0n) is 11.2. The number of aromatic carboxylic acids is 1. The Morgan fingerprint density at radius 3 is 2.95 bits per heavy atom. The number of carboxylic acid groups (broad SMARTS) is 1. The lowest BCUT2D eigenvalue weighted by molar-refractivity contribution is -0.112. The highest BCUT2D eigenvalue weighted by Crippen LogP contribution is 2.35. The molecule has 0 bridgehead atoms. The Morgan fingerprint density at radius 1 is 1.35 bits per heavy atom. The molecule has 3 rings (SSSR count). The molecule has 1 aromatic rings. The van der Waals surface area contributed by atoms with Crippen molar-refractivity contribution in [3.63, 3.8) is 0 Å². The zero-order chi connectivity index (χ0) is 14.0. The molecule has 1 N–H and O–H groups in total. The number of carbonyl (C=O) groups is 1. The number of ether oxygens (including phenoxy) is 3. The van der Waals surface area contributed by atoms with Crippen molar-refractivity contribution in [1.82, 2.24) is 0 Å². The van der Waals surface area contributed by atoms with Crippen molar-refractivity contribution in [2.24, 2.45) is 0 Å². The van der Waals surface area contributed by atoms with E-state index in [1.54, 1.807) is 24.3 Å². The Labute approximate surface area is 117 Å². The van der Waals surface area contributed by atoms with Crippen LogP contribution in [0.15, 0.2) is 24.3 Å². The van der Waals surface area contributed by atoms with Crippen LogP contribution in [-0.2, 0) is 9.47 Å². The van der Waals surface area contributed by atoms with Crippen LogP contribution in [0.4, 0.5) is 0 Å². The number of benzene rings is 1. The van der Waals surface area contributed by atoms with Crippen molar-refractivity contribution < 1.29 is 24.1 Å². The molecule has 0 aromatic heterocycles. The molecule has 0 saturated carbocycles. The normalized spacial score (nSPS) is 29.5. The van der Waals surface area contributed by atoms with E-state index in [1.807, 2.05) is 0 Å². The second kappa shape index (κ2) is 5.42. The van der Waals surface area contributed by atoms with E-state index in [2.05, 4.69) is 0 Å². The number of hydrogen-bond donors (Lipinski definition) is 1. The molecule has 0 amide bonds. The van der Waals surface area contributed by atoms with E-state index in [1.165, 1.54) is 0 Å². The van der Waals surface area contributed by atoms with Crippen LogP contribution in [-0.4, -0.2) is 42.6 Å². The first-order valence-corrected chi connectivity index (χ1v) is 6.89. The SMILES string of the molecule is O=C(O)c1ccccc1OC1CCOC2(CCOC2)C1. The van der Waals surface area contributed by atoms with Gasteiger partial charge in [-0.3, -0.25) is 0 Å². The van der Waals surface area contributed by atoms with E-state index >= 15 is 0 Å². The molecular formula is C15H18O5. The summed E-state index contributed by atoms with van der Waals surface area (Å²) < 4.78 is 17.2. The molecule has 2 unspecified atom stereocenters. The Bertz CT molecular complexity index is 493. The molecular weight excluding hydrogens is 260 g/mol. The van der Waals surface area contributed by atoms with E-state index in [-0.39, 0.29) is 17.3 Å². The number of rotatable bonds is 3. The van der Waals surface area contributed by atoms with Gasteiger partial charge in [-0.1, -0.05) is 12.1 Å². The molecule has 5 heteroatoms. The Kier molecular flexibility index (Phi) is 3.63. The van der Waals surface area contributed by atoms with Crippen LogP contribution < -0.4 is 4.74 Å². The number of para-hydroxylation sites is 1. The summed E-state index contributed by atoms with van der Waals surface area (Å²) in [6, 6.07) is 6.75. The molecule has 2 aliphatic heterocycles. The molecule has 5 nitrogen and oxygen atoms in total. The van der Waals surface area contributed by atoms with Crippen LogP contribution in [0.5, 0.6) is 5.75 Å². The molecule has 1 spiro atoms. The van der Waals surface area contributed by atoms with Crippen LogP contribution in [0.25, 0.3) is 0 Å². The molecule has 108 valence electrons. The predicted octanol–water partition coefficient (Wildman–Crippen LogP) is 2.10. The standard InChI is InChI=1S/C15H18O5/c16-14(17)12-3-1-2-4-13(12)20-11-5-7-19-15(9-11)6-8-18-10-15/h1-4,11H,5-10H2,(H,16,17). The summed E-state index contributed by atoms with van der Waals surface area (Å²) in [5, 5.41) is 9.18. The maximum Gasteiger partial charge on any atom is 0.339 e. The average Bonchev–Trinajstić information content (AvgIpc) is 2.87. The maximum absolute atomic E-state index is 11.2. The first-order valence-electron chi connectivity index (χ1n) is 6.89. The summed E-state index contributed by atoms with van der Waals surface area (Å²) >= 11 is 0. The zero-order valence-corrected chi connectivity index (χ0v) is 11.2. The molecule has 1 aromatic carbocycles. The van der Waals surface area contributed by atoms with Crippen molar-refractivity contribution >= 4 is 5.97 Å². The highest BCUT2D eigenvalue weighted by Gasteiger charge is 2.42. The van der Waals surface area contributed by atoms with Crippen LogP contribution >= 0.6 is 0 Å². The van der Waals surface area contributed by atoms with Crippen molar-refractivity contribution in [2.75, 3.05) is 19.8 Å².